The Hall–Kier alpha value is -0.990. The van der Waals surface area contributed by atoms with E-state index >= 15 is 0 Å². The number of halogens is 2. The molecule has 0 aliphatic carbocycles. The van der Waals surface area contributed by atoms with Crippen molar-refractivity contribution in [3.63, 3.8) is 0 Å². The third-order valence-electron chi connectivity index (χ3n) is 2.70. The second kappa shape index (κ2) is 7.33. The van der Waals surface area contributed by atoms with E-state index < -0.39 is 26.7 Å². The smallest absolute Gasteiger partial charge is 0.338 e. The molecule has 0 spiro atoms. The Morgan fingerprint density at radius 1 is 1.43 bits per heavy atom. The first-order chi connectivity index (χ1) is 9.62. The summed E-state index contributed by atoms with van der Waals surface area (Å²) >= 11 is 2.79. The SMILES string of the molecule is CC(C)CCCOC(=O)c1cc(F)c(Br)c(S(N)(=O)=O)c1. The molecule has 5 nitrogen and oxygen atoms in total. The molecule has 0 amide bonds. The maximum absolute atomic E-state index is 13.6. The number of nitrogens with two attached hydrogens (primary N) is 1. The highest BCUT2D eigenvalue weighted by atomic mass is 79.9. The van der Waals surface area contributed by atoms with E-state index in [4.69, 9.17) is 9.88 Å². The van der Waals surface area contributed by atoms with Crippen molar-refractivity contribution in [1.29, 1.82) is 0 Å². The van der Waals surface area contributed by atoms with Crippen LogP contribution >= 0.6 is 15.9 Å². The molecule has 21 heavy (non-hydrogen) atoms. The Bertz CT molecular complexity index is 631. The molecule has 1 aromatic rings. The van der Waals surface area contributed by atoms with Gasteiger partial charge in [-0.3, -0.25) is 0 Å². The molecule has 0 saturated heterocycles. The van der Waals surface area contributed by atoms with Crippen molar-refractivity contribution in [2.24, 2.45) is 11.1 Å². The second-order valence-electron chi connectivity index (χ2n) is 4.99. The molecule has 0 aliphatic heterocycles. The Balaban J connectivity index is 2.89. The van der Waals surface area contributed by atoms with Crippen LogP contribution < -0.4 is 5.14 Å². The summed E-state index contributed by atoms with van der Waals surface area (Å²) in [5.41, 5.74) is -0.190. The largest absolute Gasteiger partial charge is 0.462 e. The predicted molar refractivity (Wildman–Crippen MR) is 79.8 cm³/mol. The number of hydrogen-bond acceptors (Lipinski definition) is 4. The number of ether oxygens (including phenoxy) is 1. The van der Waals surface area contributed by atoms with Crippen molar-refractivity contribution >= 4 is 31.9 Å². The van der Waals surface area contributed by atoms with Crippen LogP contribution in [0, 0.1) is 11.7 Å². The van der Waals surface area contributed by atoms with Gasteiger partial charge in [0.25, 0.3) is 0 Å². The van der Waals surface area contributed by atoms with Crippen LogP contribution in [0.3, 0.4) is 0 Å². The van der Waals surface area contributed by atoms with Gasteiger partial charge in [-0.1, -0.05) is 13.8 Å². The van der Waals surface area contributed by atoms with E-state index in [0.717, 1.165) is 18.6 Å². The maximum atomic E-state index is 13.6. The average Bonchev–Trinajstić information content (AvgIpc) is 2.35. The highest BCUT2D eigenvalue weighted by molar-refractivity contribution is 9.10. The third-order valence-corrected chi connectivity index (χ3v) is 4.70. The molecule has 118 valence electrons. The van der Waals surface area contributed by atoms with Gasteiger partial charge in [0.15, 0.2) is 0 Å². The highest BCUT2D eigenvalue weighted by Gasteiger charge is 2.20. The van der Waals surface area contributed by atoms with Crippen LogP contribution in [-0.2, 0) is 14.8 Å². The van der Waals surface area contributed by atoms with Gasteiger partial charge in [0.1, 0.15) is 5.82 Å². The number of esters is 1. The molecule has 2 N–H and O–H groups in total. The summed E-state index contributed by atoms with van der Waals surface area (Å²) in [5.74, 6) is -1.19. The van der Waals surface area contributed by atoms with Gasteiger partial charge in [-0.25, -0.2) is 22.7 Å². The molecule has 0 bridgehead atoms. The van der Waals surface area contributed by atoms with E-state index in [9.17, 15) is 17.6 Å². The summed E-state index contributed by atoms with van der Waals surface area (Å²) in [6, 6.07) is 1.90. The maximum Gasteiger partial charge on any atom is 0.338 e. The van der Waals surface area contributed by atoms with Crippen molar-refractivity contribution in [1.82, 2.24) is 0 Å². The van der Waals surface area contributed by atoms with E-state index in [1.165, 1.54) is 0 Å². The zero-order valence-corrected chi connectivity index (χ0v) is 14.1. The van der Waals surface area contributed by atoms with Crippen LogP contribution in [0.25, 0.3) is 0 Å². The minimum absolute atomic E-state index is 0.190. The second-order valence-corrected chi connectivity index (χ2v) is 7.31. The van der Waals surface area contributed by atoms with Crippen molar-refractivity contribution in [2.75, 3.05) is 6.61 Å². The van der Waals surface area contributed by atoms with Gasteiger partial charge in [0.2, 0.25) is 10.0 Å². The molecule has 8 heteroatoms. The number of carbonyl (C=O) groups excluding carboxylic acids is 1. The lowest BCUT2D eigenvalue weighted by Crippen LogP contribution is -2.15. The average molecular weight is 382 g/mol. The van der Waals surface area contributed by atoms with E-state index in [-0.39, 0.29) is 16.6 Å². The summed E-state index contributed by atoms with van der Waals surface area (Å²) in [6.45, 7) is 4.29. The van der Waals surface area contributed by atoms with Crippen molar-refractivity contribution < 1.29 is 22.3 Å². The molecule has 0 saturated carbocycles. The Morgan fingerprint density at radius 3 is 2.57 bits per heavy atom. The molecule has 0 aliphatic rings. The summed E-state index contributed by atoms with van der Waals surface area (Å²) in [4.78, 5) is 11.3. The van der Waals surface area contributed by atoms with Crippen LogP contribution in [0.5, 0.6) is 0 Å². The van der Waals surface area contributed by atoms with Crippen LogP contribution in [0.4, 0.5) is 4.39 Å². The number of carbonyl (C=O) groups is 1. The lowest BCUT2D eigenvalue weighted by Gasteiger charge is -2.09. The first-order valence-corrected chi connectivity index (χ1v) is 8.66. The quantitative estimate of drug-likeness (QED) is 0.606. The fraction of sp³-hybridized carbons (Fsp3) is 0.462. The monoisotopic (exact) mass is 381 g/mol. The van der Waals surface area contributed by atoms with Gasteiger partial charge in [-0.15, -0.1) is 0 Å². The summed E-state index contributed by atoms with van der Waals surface area (Å²) in [7, 11) is -4.14. The normalized spacial score (nSPS) is 11.7. The lowest BCUT2D eigenvalue weighted by atomic mass is 10.1. The topological polar surface area (TPSA) is 86.5 Å². The van der Waals surface area contributed by atoms with Crippen LogP contribution in [0.2, 0.25) is 0 Å². The van der Waals surface area contributed by atoms with E-state index in [0.29, 0.717) is 12.3 Å². The lowest BCUT2D eigenvalue weighted by molar-refractivity contribution is 0.0494. The first-order valence-electron chi connectivity index (χ1n) is 6.32. The zero-order valence-electron chi connectivity index (χ0n) is 11.7. The highest BCUT2D eigenvalue weighted by Crippen LogP contribution is 2.26. The summed E-state index contributed by atoms with van der Waals surface area (Å²) in [5, 5.41) is 4.97. The summed E-state index contributed by atoms with van der Waals surface area (Å²) < 4.78 is 41.0. The number of primary sulfonamides is 1. The molecule has 0 aromatic heterocycles. The fourth-order valence-corrected chi connectivity index (χ4v) is 3.17. The molecular formula is C13H17BrFNO4S. The summed E-state index contributed by atoms with van der Waals surface area (Å²) in [6.07, 6.45) is 1.58. The number of sulfonamides is 1. The van der Waals surface area contributed by atoms with E-state index in [1.807, 2.05) is 13.8 Å². The van der Waals surface area contributed by atoms with Crippen LogP contribution in [0.1, 0.15) is 37.0 Å². The minimum Gasteiger partial charge on any atom is -0.462 e. The molecule has 1 rings (SSSR count). The molecule has 0 radical (unpaired) electrons. The molecule has 1 aromatic carbocycles. The van der Waals surface area contributed by atoms with Crippen molar-refractivity contribution in [3.05, 3.63) is 28.0 Å². The Labute approximate surface area is 131 Å². The number of hydrogen-bond donors (Lipinski definition) is 1. The van der Waals surface area contributed by atoms with Gasteiger partial charge in [0.05, 0.1) is 21.5 Å². The number of rotatable bonds is 6. The molecule has 0 atom stereocenters. The first kappa shape index (κ1) is 18.1. The number of benzene rings is 1. The van der Waals surface area contributed by atoms with Crippen LogP contribution in [0.15, 0.2) is 21.5 Å². The van der Waals surface area contributed by atoms with Gasteiger partial charge >= 0.3 is 5.97 Å². The zero-order chi connectivity index (χ0) is 16.2. The van der Waals surface area contributed by atoms with Gasteiger partial charge in [0, 0.05) is 0 Å². The van der Waals surface area contributed by atoms with E-state index in [2.05, 4.69) is 15.9 Å². The van der Waals surface area contributed by atoms with Gasteiger partial charge < -0.3 is 4.74 Å². The molecule has 0 unspecified atom stereocenters. The third kappa shape index (κ3) is 5.37. The Kier molecular flexibility index (Phi) is 6.30. The molecule has 0 heterocycles. The van der Waals surface area contributed by atoms with Crippen molar-refractivity contribution in [3.8, 4) is 0 Å². The standard InChI is InChI=1S/C13H17BrFNO4S/c1-8(2)4-3-5-20-13(17)9-6-10(15)12(14)11(7-9)21(16,18)19/h6-8H,3-5H2,1-2H3,(H2,16,18,19). The molecular weight excluding hydrogens is 365 g/mol. The van der Waals surface area contributed by atoms with Gasteiger partial charge in [-0.2, -0.15) is 0 Å². The molecule has 0 fully saturated rings. The minimum atomic E-state index is -4.14. The van der Waals surface area contributed by atoms with Crippen LogP contribution in [-0.4, -0.2) is 21.0 Å². The van der Waals surface area contributed by atoms with Gasteiger partial charge in [-0.05, 0) is 46.8 Å². The van der Waals surface area contributed by atoms with Crippen molar-refractivity contribution in [2.45, 2.75) is 31.6 Å². The fourth-order valence-electron chi connectivity index (χ4n) is 1.63. The Morgan fingerprint density at radius 2 is 2.05 bits per heavy atom. The van der Waals surface area contributed by atoms with E-state index in [1.54, 1.807) is 0 Å². The predicted octanol–water partition coefficient (Wildman–Crippen LogP) is 2.83.